The van der Waals surface area contributed by atoms with E-state index >= 15 is 0 Å². The first-order chi connectivity index (χ1) is 13.0. The number of ether oxygens (including phenoxy) is 2. The van der Waals surface area contributed by atoms with E-state index in [0.29, 0.717) is 31.0 Å². The van der Waals surface area contributed by atoms with Gasteiger partial charge in [0, 0.05) is 42.3 Å². The van der Waals surface area contributed by atoms with Crippen LogP contribution in [0, 0.1) is 5.92 Å². The summed E-state index contributed by atoms with van der Waals surface area (Å²) >= 11 is 0. The van der Waals surface area contributed by atoms with Crippen LogP contribution in [0.3, 0.4) is 0 Å². The fraction of sp³-hybridized carbons (Fsp3) is 0.632. The highest BCUT2D eigenvalue weighted by molar-refractivity contribution is 5.94. The average molecular weight is 375 g/mol. The third-order valence-electron chi connectivity index (χ3n) is 4.91. The summed E-state index contributed by atoms with van der Waals surface area (Å²) < 4.78 is 12.1. The van der Waals surface area contributed by atoms with Gasteiger partial charge >= 0.3 is 0 Å². The maximum atomic E-state index is 12.5. The zero-order chi connectivity index (χ0) is 19.9. The van der Waals surface area contributed by atoms with Crippen LogP contribution in [0.2, 0.25) is 0 Å². The first kappa shape index (κ1) is 21.2. The summed E-state index contributed by atoms with van der Waals surface area (Å²) in [6.45, 7) is 5.66. The Morgan fingerprint density at radius 3 is 2.44 bits per heavy atom. The molecule has 8 heteroatoms. The summed E-state index contributed by atoms with van der Waals surface area (Å²) in [7, 11) is 4.04. The van der Waals surface area contributed by atoms with E-state index in [9.17, 15) is 4.79 Å². The Morgan fingerprint density at radius 1 is 1.30 bits per heavy atom. The number of likely N-dealkylation sites (N-methyl/N-ethyl adjacent to an activating group) is 1. The van der Waals surface area contributed by atoms with Crippen LogP contribution in [-0.2, 0) is 9.47 Å². The van der Waals surface area contributed by atoms with Crippen molar-refractivity contribution in [1.29, 1.82) is 0 Å². The van der Waals surface area contributed by atoms with Gasteiger partial charge in [-0.3, -0.25) is 4.79 Å². The van der Waals surface area contributed by atoms with E-state index in [4.69, 9.17) is 15.0 Å². The highest BCUT2D eigenvalue weighted by atomic mass is 16.7. The van der Waals surface area contributed by atoms with Crippen LogP contribution in [0.5, 0.6) is 0 Å². The summed E-state index contributed by atoms with van der Waals surface area (Å²) in [5.41, 5.74) is 9.46. The predicted octanol–water partition coefficient (Wildman–Crippen LogP) is 3.47. The first-order valence-corrected chi connectivity index (χ1v) is 9.35. The lowest BCUT2D eigenvalue weighted by molar-refractivity contribution is -0.255. The Labute approximate surface area is 160 Å². The molecule has 0 radical (unpaired) electrons. The predicted molar refractivity (Wildman–Crippen MR) is 104 cm³/mol. The molecule has 27 heavy (non-hydrogen) atoms. The number of rotatable bonds is 9. The molecule has 2 unspecified atom stereocenters. The maximum Gasteiger partial charge on any atom is 0.251 e. The number of nitrogens with zero attached hydrogens (tertiary/aromatic N) is 4. The number of carbonyl (C=O) groups excluding carboxylic acids is 1. The quantitative estimate of drug-likeness (QED) is 0.309. The van der Waals surface area contributed by atoms with E-state index in [1.54, 1.807) is 24.3 Å². The van der Waals surface area contributed by atoms with Crippen LogP contribution in [0.1, 0.15) is 37.0 Å². The molecule has 1 N–H and O–H groups in total. The van der Waals surface area contributed by atoms with Crippen molar-refractivity contribution < 1.29 is 14.3 Å². The molecular formula is C19H29N5O3. The minimum atomic E-state index is -0.626. The number of nitrogens with one attached hydrogen (secondary N) is 1. The van der Waals surface area contributed by atoms with E-state index < -0.39 is 5.79 Å². The Bertz CT molecular complexity index is 664. The van der Waals surface area contributed by atoms with Crippen molar-refractivity contribution in [2.75, 3.05) is 33.9 Å². The molecule has 1 aliphatic carbocycles. The van der Waals surface area contributed by atoms with E-state index in [0.717, 1.165) is 12.8 Å². The Morgan fingerprint density at radius 2 is 1.93 bits per heavy atom. The van der Waals surface area contributed by atoms with E-state index in [-0.39, 0.29) is 17.9 Å². The molecule has 1 fully saturated rings. The van der Waals surface area contributed by atoms with Gasteiger partial charge in [0.05, 0.1) is 6.04 Å². The summed E-state index contributed by atoms with van der Waals surface area (Å²) in [5.74, 6) is -0.547. The topological polar surface area (TPSA) is 99.6 Å². The first-order valence-electron chi connectivity index (χ1n) is 9.35. The largest absolute Gasteiger partial charge is 0.352 e. The van der Waals surface area contributed by atoms with Crippen molar-refractivity contribution in [2.24, 2.45) is 11.0 Å². The maximum absolute atomic E-state index is 12.5. The molecule has 0 saturated heterocycles. The molecule has 1 amide bonds. The van der Waals surface area contributed by atoms with Crippen LogP contribution in [-0.4, -0.2) is 56.5 Å². The Balaban J connectivity index is 2.05. The third kappa shape index (κ3) is 4.99. The van der Waals surface area contributed by atoms with Crippen LogP contribution < -0.4 is 5.32 Å². The van der Waals surface area contributed by atoms with Crippen LogP contribution in [0.4, 0.5) is 5.69 Å². The molecule has 0 aromatic heterocycles. The van der Waals surface area contributed by atoms with Crippen LogP contribution in [0.25, 0.3) is 10.4 Å². The van der Waals surface area contributed by atoms with Gasteiger partial charge in [0.25, 0.3) is 5.91 Å². The van der Waals surface area contributed by atoms with Crippen molar-refractivity contribution in [3.05, 3.63) is 40.3 Å². The highest BCUT2D eigenvalue weighted by Gasteiger charge is 2.51. The summed E-state index contributed by atoms with van der Waals surface area (Å²) in [6.07, 6.45) is 1.72. The molecule has 0 spiro atoms. The SMILES string of the molecule is CCOC1(OCC)CCC(CNC(=O)c2ccc(N=[N+]=[N-])cc2)C1N(C)C. The monoisotopic (exact) mass is 375 g/mol. The molecule has 1 aromatic carbocycles. The summed E-state index contributed by atoms with van der Waals surface area (Å²) in [4.78, 5) is 17.3. The van der Waals surface area contributed by atoms with Crippen molar-refractivity contribution in [3.63, 3.8) is 0 Å². The zero-order valence-corrected chi connectivity index (χ0v) is 16.5. The smallest absolute Gasteiger partial charge is 0.251 e. The van der Waals surface area contributed by atoms with Gasteiger partial charge in [0.2, 0.25) is 0 Å². The molecule has 2 atom stereocenters. The standard InChI is InChI=1S/C19H29N5O3/c1-5-26-19(27-6-2)12-11-15(17(19)24(3)4)13-21-18(25)14-7-9-16(10-8-14)22-23-20/h7-10,15,17H,5-6,11-13H2,1-4H3,(H,21,25). The van der Waals surface area contributed by atoms with Crippen LogP contribution in [0.15, 0.2) is 29.4 Å². The van der Waals surface area contributed by atoms with E-state index in [1.165, 1.54) is 0 Å². The Hall–Kier alpha value is -2.12. The molecule has 8 nitrogen and oxygen atoms in total. The number of azide groups is 1. The van der Waals surface area contributed by atoms with Gasteiger partial charge < -0.3 is 19.7 Å². The Kier molecular flexibility index (Phi) is 7.62. The molecule has 148 valence electrons. The zero-order valence-electron chi connectivity index (χ0n) is 16.5. The molecule has 1 aliphatic rings. The number of amides is 1. The molecule has 1 aromatic rings. The minimum absolute atomic E-state index is 0.0602. The third-order valence-corrected chi connectivity index (χ3v) is 4.91. The fourth-order valence-corrected chi connectivity index (χ4v) is 3.98. The van der Waals surface area contributed by atoms with Gasteiger partial charge in [-0.2, -0.15) is 0 Å². The van der Waals surface area contributed by atoms with Gasteiger partial charge in [0.1, 0.15) is 0 Å². The lowest BCUT2D eigenvalue weighted by atomic mass is 9.99. The highest BCUT2D eigenvalue weighted by Crippen LogP contribution is 2.41. The molecule has 0 aliphatic heterocycles. The summed E-state index contributed by atoms with van der Waals surface area (Å²) in [6, 6.07) is 6.62. The van der Waals surface area contributed by atoms with Gasteiger partial charge in [-0.1, -0.05) is 17.2 Å². The molecule has 1 saturated carbocycles. The van der Waals surface area contributed by atoms with Gasteiger partial charge in [-0.25, -0.2) is 0 Å². The normalized spacial score (nSPS) is 21.1. The number of benzene rings is 1. The van der Waals surface area contributed by atoms with Gasteiger partial charge in [-0.15, -0.1) is 0 Å². The van der Waals surface area contributed by atoms with Gasteiger partial charge in [-0.05, 0) is 57.9 Å². The van der Waals surface area contributed by atoms with Crippen LogP contribution >= 0.6 is 0 Å². The van der Waals surface area contributed by atoms with E-state index in [2.05, 4.69) is 20.2 Å². The van der Waals surface area contributed by atoms with Crippen molar-refractivity contribution >= 4 is 11.6 Å². The molecule has 2 rings (SSSR count). The fourth-order valence-electron chi connectivity index (χ4n) is 3.98. The summed E-state index contributed by atoms with van der Waals surface area (Å²) in [5, 5.41) is 6.53. The van der Waals surface area contributed by atoms with Crippen molar-refractivity contribution in [2.45, 2.75) is 38.5 Å². The molecule has 0 heterocycles. The average Bonchev–Trinajstić information content (AvgIpc) is 2.99. The van der Waals surface area contributed by atoms with E-state index in [1.807, 2.05) is 27.9 Å². The number of hydrogen-bond donors (Lipinski definition) is 1. The second kappa shape index (κ2) is 9.71. The molecular weight excluding hydrogens is 346 g/mol. The number of hydrogen-bond acceptors (Lipinski definition) is 5. The minimum Gasteiger partial charge on any atom is -0.352 e. The van der Waals surface area contributed by atoms with Crippen molar-refractivity contribution in [1.82, 2.24) is 10.2 Å². The van der Waals surface area contributed by atoms with Gasteiger partial charge in [0.15, 0.2) is 5.79 Å². The lowest BCUT2D eigenvalue weighted by Crippen LogP contribution is -2.54. The molecule has 0 bridgehead atoms. The lowest BCUT2D eigenvalue weighted by Gasteiger charge is -2.40. The second-order valence-corrected chi connectivity index (χ2v) is 6.83. The van der Waals surface area contributed by atoms with Crippen molar-refractivity contribution in [3.8, 4) is 0 Å². The second-order valence-electron chi connectivity index (χ2n) is 6.83. The number of carbonyl (C=O) groups is 1.